The lowest BCUT2D eigenvalue weighted by Gasteiger charge is -2.09. The van der Waals surface area contributed by atoms with Crippen LogP contribution in [0.5, 0.6) is 11.5 Å². The van der Waals surface area contributed by atoms with Gasteiger partial charge in [0.1, 0.15) is 11.5 Å². The third-order valence-electron chi connectivity index (χ3n) is 2.88. The Labute approximate surface area is 138 Å². The molecule has 0 aromatic heterocycles. The average molecular weight is 340 g/mol. The van der Waals surface area contributed by atoms with Gasteiger partial charge in [-0.2, -0.15) is 0 Å². The molecule has 1 amide bonds. The second kappa shape index (κ2) is 7.92. The van der Waals surface area contributed by atoms with Crippen molar-refractivity contribution in [3.63, 3.8) is 0 Å². The molecular weight excluding hydrogens is 325 g/mol. The van der Waals surface area contributed by atoms with E-state index >= 15 is 0 Å². The summed E-state index contributed by atoms with van der Waals surface area (Å²) >= 11 is 11.8. The number of amides is 1. The molecule has 0 saturated heterocycles. The van der Waals surface area contributed by atoms with Gasteiger partial charge < -0.3 is 14.8 Å². The van der Waals surface area contributed by atoms with Crippen LogP contribution in [-0.2, 0) is 11.3 Å². The van der Waals surface area contributed by atoms with Crippen LogP contribution in [0, 0.1) is 0 Å². The van der Waals surface area contributed by atoms with Crippen molar-refractivity contribution >= 4 is 29.1 Å². The standard InChI is InChI=1S/C16H15Cl2NO3/c1-21-13-4-2-3-11(7-13)9-19-16(20)10-22-15-6-5-12(17)8-14(15)18/h2-8H,9-10H2,1H3,(H,19,20). The first-order valence-electron chi connectivity index (χ1n) is 6.56. The molecule has 0 spiro atoms. The van der Waals surface area contributed by atoms with Crippen molar-refractivity contribution in [1.29, 1.82) is 0 Å². The minimum atomic E-state index is -0.242. The molecule has 2 aromatic carbocycles. The molecule has 6 heteroatoms. The number of carbonyl (C=O) groups excluding carboxylic acids is 1. The zero-order valence-corrected chi connectivity index (χ0v) is 13.4. The van der Waals surface area contributed by atoms with E-state index in [0.29, 0.717) is 22.3 Å². The first-order valence-corrected chi connectivity index (χ1v) is 7.31. The topological polar surface area (TPSA) is 47.6 Å². The minimum absolute atomic E-state index is 0.120. The van der Waals surface area contributed by atoms with Crippen LogP contribution >= 0.6 is 23.2 Å². The highest BCUT2D eigenvalue weighted by Gasteiger charge is 2.06. The number of benzene rings is 2. The molecule has 2 rings (SSSR count). The Bertz CT molecular complexity index is 662. The molecule has 22 heavy (non-hydrogen) atoms. The zero-order chi connectivity index (χ0) is 15.9. The molecule has 0 aliphatic rings. The number of nitrogens with one attached hydrogen (secondary N) is 1. The van der Waals surface area contributed by atoms with E-state index in [1.807, 2.05) is 24.3 Å². The summed E-state index contributed by atoms with van der Waals surface area (Å²) in [5.41, 5.74) is 0.942. The Morgan fingerprint density at radius 2 is 2.00 bits per heavy atom. The quantitative estimate of drug-likeness (QED) is 0.872. The van der Waals surface area contributed by atoms with Gasteiger partial charge in [0, 0.05) is 11.6 Å². The average Bonchev–Trinajstić information content (AvgIpc) is 2.52. The molecule has 0 atom stereocenters. The summed E-state index contributed by atoms with van der Waals surface area (Å²) < 4.78 is 10.5. The summed E-state index contributed by atoms with van der Waals surface area (Å²) in [5.74, 6) is 0.923. The molecule has 2 aromatic rings. The number of rotatable bonds is 6. The van der Waals surface area contributed by atoms with Crippen molar-refractivity contribution in [2.24, 2.45) is 0 Å². The Hall–Kier alpha value is -1.91. The monoisotopic (exact) mass is 339 g/mol. The molecule has 0 aliphatic heterocycles. The molecule has 0 fully saturated rings. The molecule has 4 nitrogen and oxygen atoms in total. The smallest absolute Gasteiger partial charge is 0.258 e. The number of halogens is 2. The van der Waals surface area contributed by atoms with Crippen molar-refractivity contribution in [2.75, 3.05) is 13.7 Å². The van der Waals surface area contributed by atoms with E-state index in [1.165, 1.54) is 0 Å². The second-order valence-corrected chi connectivity index (χ2v) is 5.34. The molecule has 0 aliphatic carbocycles. The lowest BCUT2D eigenvalue weighted by molar-refractivity contribution is -0.123. The van der Waals surface area contributed by atoms with Crippen molar-refractivity contribution in [3.8, 4) is 11.5 Å². The Balaban J connectivity index is 1.82. The van der Waals surface area contributed by atoms with E-state index in [2.05, 4.69) is 5.32 Å². The maximum Gasteiger partial charge on any atom is 0.258 e. The van der Waals surface area contributed by atoms with Crippen LogP contribution in [0.2, 0.25) is 10.0 Å². The summed E-state index contributed by atoms with van der Waals surface area (Å²) in [6.07, 6.45) is 0. The summed E-state index contributed by atoms with van der Waals surface area (Å²) in [6.45, 7) is 0.277. The molecule has 1 N–H and O–H groups in total. The van der Waals surface area contributed by atoms with Gasteiger partial charge in [-0.1, -0.05) is 35.3 Å². The first kappa shape index (κ1) is 16.5. The van der Waals surface area contributed by atoms with Crippen molar-refractivity contribution < 1.29 is 14.3 Å². The SMILES string of the molecule is COc1cccc(CNC(=O)COc2ccc(Cl)cc2Cl)c1. The third-order valence-corrected chi connectivity index (χ3v) is 3.41. The van der Waals surface area contributed by atoms with Crippen LogP contribution in [-0.4, -0.2) is 19.6 Å². The Morgan fingerprint density at radius 1 is 1.18 bits per heavy atom. The van der Waals surface area contributed by atoms with E-state index in [1.54, 1.807) is 25.3 Å². The van der Waals surface area contributed by atoms with Crippen molar-refractivity contribution in [1.82, 2.24) is 5.32 Å². The van der Waals surface area contributed by atoms with E-state index in [4.69, 9.17) is 32.7 Å². The number of hydrogen-bond acceptors (Lipinski definition) is 3. The number of carbonyl (C=O) groups is 1. The minimum Gasteiger partial charge on any atom is -0.497 e. The zero-order valence-electron chi connectivity index (χ0n) is 11.9. The lowest BCUT2D eigenvalue weighted by atomic mass is 10.2. The predicted molar refractivity (Wildman–Crippen MR) is 86.8 cm³/mol. The van der Waals surface area contributed by atoms with Gasteiger partial charge in [-0.25, -0.2) is 0 Å². The van der Waals surface area contributed by atoms with E-state index in [0.717, 1.165) is 11.3 Å². The van der Waals surface area contributed by atoms with E-state index in [-0.39, 0.29) is 12.5 Å². The summed E-state index contributed by atoms with van der Waals surface area (Å²) in [4.78, 5) is 11.8. The van der Waals surface area contributed by atoms with E-state index < -0.39 is 0 Å². The molecule has 0 bridgehead atoms. The highest BCUT2D eigenvalue weighted by atomic mass is 35.5. The van der Waals surface area contributed by atoms with Gasteiger partial charge in [0.25, 0.3) is 5.91 Å². The Morgan fingerprint density at radius 3 is 2.73 bits per heavy atom. The molecule has 0 heterocycles. The second-order valence-electron chi connectivity index (χ2n) is 4.49. The van der Waals surface area contributed by atoms with Crippen molar-refractivity contribution in [3.05, 3.63) is 58.1 Å². The fraction of sp³-hybridized carbons (Fsp3) is 0.188. The van der Waals surface area contributed by atoms with Gasteiger partial charge in [-0.15, -0.1) is 0 Å². The third kappa shape index (κ3) is 4.83. The van der Waals surface area contributed by atoms with Gasteiger partial charge in [0.15, 0.2) is 6.61 Å². The normalized spacial score (nSPS) is 10.1. The van der Waals surface area contributed by atoms with Crippen LogP contribution in [0.15, 0.2) is 42.5 Å². The summed E-state index contributed by atoms with van der Waals surface area (Å²) in [5, 5.41) is 3.65. The molecule has 0 unspecified atom stereocenters. The summed E-state index contributed by atoms with van der Waals surface area (Å²) in [6, 6.07) is 12.3. The highest BCUT2D eigenvalue weighted by Crippen LogP contribution is 2.27. The maximum atomic E-state index is 11.8. The number of ether oxygens (including phenoxy) is 2. The molecule has 116 valence electrons. The number of methoxy groups -OCH3 is 1. The largest absolute Gasteiger partial charge is 0.497 e. The van der Waals surface area contributed by atoms with E-state index in [9.17, 15) is 4.79 Å². The van der Waals surface area contributed by atoms with Gasteiger partial charge in [-0.3, -0.25) is 4.79 Å². The van der Waals surface area contributed by atoms with Gasteiger partial charge in [0.2, 0.25) is 0 Å². The first-order chi connectivity index (χ1) is 10.6. The molecule has 0 radical (unpaired) electrons. The van der Waals surface area contributed by atoms with Crippen LogP contribution in [0.4, 0.5) is 0 Å². The highest BCUT2D eigenvalue weighted by molar-refractivity contribution is 6.35. The fourth-order valence-corrected chi connectivity index (χ4v) is 2.23. The fourth-order valence-electron chi connectivity index (χ4n) is 1.77. The van der Waals surface area contributed by atoms with Crippen LogP contribution < -0.4 is 14.8 Å². The van der Waals surface area contributed by atoms with Crippen molar-refractivity contribution in [2.45, 2.75) is 6.54 Å². The van der Waals surface area contributed by atoms with Gasteiger partial charge >= 0.3 is 0 Å². The van der Waals surface area contributed by atoms with Crippen LogP contribution in [0.25, 0.3) is 0 Å². The van der Waals surface area contributed by atoms with Crippen LogP contribution in [0.1, 0.15) is 5.56 Å². The molecule has 0 saturated carbocycles. The Kier molecular flexibility index (Phi) is 5.92. The van der Waals surface area contributed by atoms with Crippen LogP contribution in [0.3, 0.4) is 0 Å². The predicted octanol–water partition coefficient (Wildman–Crippen LogP) is 3.70. The maximum absolute atomic E-state index is 11.8. The summed E-state index contributed by atoms with van der Waals surface area (Å²) in [7, 11) is 1.60. The molecular formula is C16H15Cl2NO3. The number of hydrogen-bond donors (Lipinski definition) is 1. The lowest BCUT2D eigenvalue weighted by Crippen LogP contribution is -2.28. The van der Waals surface area contributed by atoms with Gasteiger partial charge in [0.05, 0.1) is 12.1 Å². The van der Waals surface area contributed by atoms with Gasteiger partial charge in [-0.05, 0) is 35.9 Å².